The molecule has 0 rings (SSSR count). The van der Waals surface area contributed by atoms with Crippen molar-refractivity contribution in [3.05, 3.63) is 0 Å². The van der Waals surface area contributed by atoms with Crippen molar-refractivity contribution in [2.75, 3.05) is 13.5 Å². The van der Waals surface area contributed by atoms with Gasteiger partial charge in [-0.1, -0.05) is 13.3 Å². The predicted molar refractivity (Wildman–Crippen MR) is 46.1 cm³/mol. The second kappa shape index (κ2) is 7.71. The van der Waals surface area contributed by atoms with Crippen molar-refractivity contribution in [3.8, 4) is 0 Å². The maximum absolute atomic E-state index is 11.9. The van der Waals surface area contributed by atoms with Crippen LogP contribution in [0.15, 0.2) is 0 Å². The van der Waals surface area contributed by atoms with Gasteiger partial charge >= 0.3 is 58.4 Å². The summed E-state index contributed by atoms with van der Waals surface area (Å²) in [4.78, 5) is 1.36. The first kappa shape index (κ1) is 16.9. The normalized spacial score (nSPS) is 14.1. The van der Waals surface area contributed by atoms with Crippen LogP contribution in [0.25, 0.3) is 0 Å². The summed E-state index contributed by atoms with van der Waals surface area (Å²) in [7, 11) is 1.52. The van der Waals surface area contributed by atoms with Gasteiger partial charge in [0.1, 0.15) is 0 Å². The molecular formula is C7H16BF3KN. The van der Waals surface area contributed by atoms with Crippen molar-refractivity contribution in [2.45, 2.75) is 32.7 Å². The summed E-state index contributed by atoms with van der Waals surface area (Å²) < 4.78 is 35.8. The number of hydrogen-bond acceptors (Lipinski definition) is 1. The van der Waals surface area contributed by atoms with Gasteiger partial charge in [-0.2, -0.15) is 0 Å². The largest absolute Gasteiger partial charge is 1.00 e. The molecule has 1 unspecified atom stereocenters. The van der Waals surface area contributed by atoms with Crippen LogP contribution in [-0.4, -0.2) is 31.4 Å². The van der Waals surface area contributed by atoms with E-state index in [1.54, 1.807) is 0 Å². The molecule has 0 aromatic heterocycles. The van der Waals surface area contributed by atoms with Crippen LogP contribution >= 0.6 is 0 Å². The summed E-state index contributed by atoms with van der Waals surface area (Å²) in [5.74, 6) is 0. The van der Waals surface area contributed by atoms with E-state index in [1.165, 1.54) is 11.9 Å². The van der Waals surface area contributed by atoms with Crippen molar-refractivity contribution in [3.63, 3.8) is 0 Å². The average molecular weight is 221 g/mol. The Labute approximate surface area is 121 Å². The fourth-order valence-electron chi connectivity index (χ4n) is 1.14. The maximum atomic E-state index is 11.9. The van der Waals surface area contributed by atoms with Crippen molar-refractivity contribution in [2.24, 2.45) is 0 Å². The topological polar surface area (TPSA) is 3.24 Å². The van der Waals surface area contributed by atoms with E-state index in [0.717, 1.165) is 12.8 Å². The zero-order chi connectivity index (χ0) is 9.78. The van der Waals surface area contributed by atoms with Crippen LogP contribution in [0.5, 0.6) is 0 Å². The molecule has 0 bridgehead atoms. The molecule has 0 N–H and O–H groups in total. The van der Waals surface area contributed by atoms with E-state index in [4.69, 9.17) is 0 Å². The summed E-state index contributed by atoms with van der Waals surface area (Å²) in [5, 5.41) is 0. The van der Waals surface area contributed by atoms with E-state index in [-0.39, 0.29) is 57.4 Å². The van der Waals surface area contributed by atoms with Crippen molar-refractivity contribution in [1.82, 2.24) is 4.90 Å². The van der Waals surface area contributed by atoms with Crippen LogP contribution in [0.3, 0.4) is 0 Å². The minimum atomic E-state index is -4.66. The average Bonchev–Trinajstić information content (AvgIpc) is 1.84. The van der Waals surface area contributed by atoms with Gasteiger partial charge in [-0.25, -0.2) is 0 Å². The van der Waals surface area contributed by atoms with Gasteiger partial charge in [-0.05, 0) is 26.8 Å². The Morgan fingerprint density at radius 3 is 2.08 bits per heavy atom. The van der Waals surface area contributed by atoms with E-state index in [0.29, 0.717) is 0 Å². The van der Waals surface area contributed by atoms with E-state index in [1.807, 2.05) is 13.8 Å². The standard InChI is InChI=1S/C7H16BF3N.K/c1-4-5-7(2)12(3)6-8(9,10)11;/h7H,4-6H2,1-3H3;/q-1;+1. The van der Waals surface area contributed by atoms with Gasteiger partial charge in [0.05, 0.1) is 0 Å². The molecule has 74 valence electrons. The van der Waals surface area contributed by atoms with E-state index in [2.05, 4.69) is 0 Å². The molecule has 6 heteroatoms. The summed E-state index contributed by atoms with van der Waals surface area (Å²) in [6.07, 6.45) is 1.00. The molecule has 0 amide bonds. The van der Waals surface area contributed by atoms with Crippen LogP contribution in [0, 0.1) is 0 Å². The van der Waals surface area contributed by atoms with Crippen molar-refractivity contribution >= 4 is 6.98 Å². The quantitative estimate of drug-likeness (QED) is 0.565. The van der Waals surface area contributed by atoms with Gasteiger partial charge in [-0.3, -0.25) is 0 Å². The molecule has 0 saturated carbocycles. The Balaban J connectivity index is 0. The van der Waals surface area contributed by atoms with Crippen LogP contribution in [0.2, 0.25) is 0 Å². The third-order valence-electron chi connectivity index (χ3n) is 1.95. The second-order valence-corrected chi connectivity index (χ2v) is 3.29. The summed E-state index contributed by atoms with van der Waals surface area (Å²) in [5.41, 5.74) is 0. The molecule has 0 aromatic rings. The van der Waals surface area contributed by atoms with Crippen LogP contribution in [0.1, 0.15) is 26.7 Å². The second-order valence-electron chi connectivity index (χ2n) is 3.29. The number of hydrogen-bond donors (Lipinski definition) is 0. The monoisotopic (exact) mass is 221 g/mol. The van der Waals surface area contributed by atoms with E-state index < -0.39 is 13.4 Å². The first-order valence-electron chi connectivity index (χ1n) is 4.28. The smallest absolute Gasteiger partial charge is 0.448 e. The third kappa shape index (κ3) is 9.75. The summed E-state index contributed by atoms with van der Waals surface area (Å²) in [6.45, 7) is -0.864. The number of rotatable bonds is 5. The Hall–Kier alpha value is 1.45. The molecule has 0 aromatic carbocycles. The molecule has 0 fully saturated rings. The fraction of sp³-hybridized carbons (Fsp3) is 1.00. The molecule has 0 aliphatic rings. The fourth-order valence-corrected chi connectivity index (χ4v) is 1.14. The zero-order valence-corrected chi connectivity index (χ0v) is 12.0. The summed E-state index contributed by atoms with van der Waals surface area (Å²) in [6, 6.07) is 0.0264. The third-order valence-corrected chi connectivity index (χ3v) is 1.95. The molecule has 0 aliphatic heterocycles. The van der Waals surface area contributed by atoms with E-state index in [9.17, 15) is 12.9 Å². The molecule has 0 saturated heterocycles. The van der Waals surface area contributed by atoms with Gasteiger partial charge < -0.3 is 17.8 Å². The minimum absolute atomic E-state index is 0. The zero-order valence-electron chi connectivity index (χ0n) is 8.86. The van der Waals surface area contributed by atoms with Gasteiger partial charge in [0.2, 0.25) is 0 Å². The Morgan fingerprint density at radius 1 is 1.31 bits per heavy atom. The molecule has 1 nitrogen and oxygen atoms in total. The Bertz CT molecular complexity index is 131. The molecule has 0 spiro atoms. The van der Waals surface area contributed by atoms with Gasteiger partial charge in [0.15, 0.2) is 0 Å². The molecule has 0 radical (unpaired) electrons. The molecule has 1 atom stereocenters. The molecule has 13 heavy (non-hydrogen) atoms. The minimum Gasteiger partial charge on any atom is -0.448 e. The maximum Gasteiger partial charge on any atom is 1.00 e. The van der Waals surface area contributed by atoms with Gasteiger partial charge in [-0.15, -0.1) is 0 Å². The predicted octanol–water partition coefficient (Wildman–Crippen LogP) is -0.503. The van der Waals surface area contributed by atoms with Gasteiger partial charge in [0.25, 0.3) is 0 Å². The molecule has 0 aliphatic carbocycles. The van der Waals surface area contributed by atoms with Gasteiger partial charge in [0, 0.05) is 6.04 Å². The Morgan fingerprint density at radius 2 is 1.77 bits per heavy atom. The molecule has 0 heterocycles. The number of nitrogens with zero attached hydrogens (tertiary/aromatic N) is 1. The first-order valence-corrected chi connectivity index (χ1v) is 4.28. The van der Waals surface area contributed by atoms with Crippen LogP contribution in [-0.2, 0) is 0 Å². The molecular weight excluding hydrogens is 205 g/mol. The summed E-state index contributed by atoms with van der Waals surface area (Å²) >= 11 is 0. The SMILES string of the molecule is CCCC(C)N(C)C[B-](F)(F)F.[K+]. The van der Waals surface area contributed by atoms with Crippen LogP contribution in [0.4, 0.5) is 12.9 Å². The van der Waals surface area contributed by atoms with Crippen LogP contribution < -0.4 is 51.4 Å². The Kier molecular flexibility index (Phi) is 10.00. The first-order chi connectivity index (χ1) is 5.37. The van der Waals surface area contributed by atoms with E-state index >= 15 is 0 Å². The van der Waals surface area contributed by atoms with Crippen molar-refractivity contribution < 1.29 is 64.3 Å². The van der Waals surface area contributed by atoms with Crippen molar-refractivity contribution in [1.29, 1.82) is 0 Å². The number of halogens is 3.